The Bertz CT molecular complexity index is 515. The molecule has 5 heteroatoms. The number of carbonyl (C=O) groups is 1. The molecule has 1 aromatic heterocycles. The summed E-state index contributed by atoms with van der Waals surface area (Å²) in [7, 11) is 0. The van der Waals surface area contributed by atoms with E-state index in [9.17, 15) is 14.9 Å². The van der Waals surface area contributed by atoms with Crippen molar-refractivity contribution < 1.29 is 14.1 Å². The van der Waals surface area contributed by atoms with Crippen LogP contribution in [0.4, 0.5) is 5.69 Å². The summed E-state index contributed by atoms with van der Waals surface area (Å²) in [5.74, 6) is -0.240. The first-order valence-electron chi connectivity index (χ1n) is 3.85. The highest BCUT2D eigenvalue weighted by Gasteiger charge is 2.23. The maximum Gasteiger partial charge on any atom is 0.325 e. The van der Waals surface area contributed by atoms with Crippen LogP contribution in [0.3, 0.4) is 0 Å². The van der Waals surface area contributed by atoms with Crippen molar-refractivity contribution in [2.45, 2.75) is 0 Å². The number of rotatable bonds is 2. The monoisotopic (exact) mass is 191 g/mol. The number of hydrogen-bond acceptors (Lipinski definition) is 4. The molecule has 2 rings (SSSR count). The molecule has 0 bridgehead atoms. The van der Waals surface area contributed by atoms with Crippen molar-refractivity contribution in [2.24, 2.45) is 0 Å². The van der Waals surface area contributed by atoms with E-state index in [1.54, 1.807) is 24.3 Å². The van der Waals surface area contributed by atoms with Gasteiger partial charge in [-0.05, 0) is 12.1 Å². The topological polar surface area (TPSA) is 73.3 Å². The van der Waals surface area contributed by atoms with Gasteiger partial charge in [0.1, 0.15) is 5.58 Å². The lowest BCUT2D eigenvalue weighted by Crippen LogP contribution is -1.89. The lowest BCUT2D eigenvalue weighted by atomic mass is 10.2. The van der Waals surface area contributed by atoms with Crippen LogP contribution in [0.15, 0.2) is 28.7 Å². The standard InChI is InChI=1S/C9H5NO4/c11-5-8-9(10(12)13)6-3-1-2-4-7(6)14-8/h1-5H. The molecule has 14 heavy (non-hydrogen) atoms. The number of fused-ring (bicyclic) bond motifs is 1. The van der Waals surface area contributed by atoms with Crippen molar-refractivity contribution in [3.8, 4) is 0 Å². The normalized spacial score (nSPS) is 10.3. The first kappa shape index (κ1) is 8.43. The highest BCUT2D eigenvalue weighted by molar-refractivity contribution is 5.95. The molecule has 0 aliphatic carbocycles. The van der Waals surface area contributed by atoms with Gasteiger partial charge in [-0.25, -0.2) is 0 Å². The highest BCUT2D eigenvalue weighted by atomic mass is 16.6. The predicted molar refractivity (Wildman–Crippen MR) is 48.3 cm³/mol. The van der Waals surface area contributed by atoms with Gasteiger partial charge in [-0.2, -0.15) is 0 Å². The van der Waals surface area contributed by atoms with Gasteiger partial charge in [-0.15, -0.1) is 0 Å². The average Bonchev–Trinajstić information content (AvgIpc) is 2.55. The number of furan rings is 1. The Hall–Kier alpha value is -2.17. The number of nitrogens with zero attached hydrogens (tertiary/aromatic N) is 1. The van der Waals surface area contributed by atoms with Gasteiger partial charge in [-0.1, -0.05) is 12.1 Å². The summed E-state index contributed by atoms with van der Waals surface area (Å²) < 4.78 is 5.00. The van der Waals surface area contributed by atoms with Crippen molar-refractivity contribution in [1.82, 2.24) is 0 Å². The van der Waals surface area contributed by atoms with Gasteiger partial charge in [-0.3, -0.25) is 14.9 Å². The van der Waals surface area contributed by atoms with E-state index < -0.39 is 4.92 Å². The van der Waals surface area contributed by atoms with E-state index in [1.165, 1.54) is 0 Å². The van der Waals surface area contributed by atoms with Gasteiger partial charge >= 0.3 is 5.69 Å². The molecular formula is C9H5NO4. The number of carbonyl (C=O) groups excluding carboxylic acids is 1. The van der Waals surface area contributed by atoms with Gasteiger partial charge in [0.05, 0.1) is 10.3 Å². The summed E-state index contributed by atoms with van der Waals surface area (Å²) >= 11 is 0. The maximum absolute atomic E-state index is 10.6. The Labute approximate surface area is 78.1 Å². The fraction of sp³-hybridized carbons (Fsp3) is 0. The first-order valence-corrected chi connectivity index (χ1v) is 3.85. The van der Waals surface area contributed by atoms with Crippen LogP contribution in [-0.4, -0.2) is 11.2 Å². The van der Waals surface area contributed by atoms with Crippen LogP contribution < -0.4 is 0 Å². The molecule has 70 valence electrons. The number of aldehydes is 1. The third-order valence-corrected chi connectivity index (χ3v) is 1.89. The average molecular weight is 191 g/mol. The van der Waals surface area contributed by atoms with E-state index in [0.717, 1.165) is 0 Å². The van der Waals surface area contributed by atoms with Crippen molar-refractivity contribution in [2.75, 3.05) is 0 Å². The second-order valence-corrected chi connectivity index (χ2v) is 2.69. The van der Waals surface area contributed by atoms with Gasteiger partial charge in [0.2, 0.25) is 5.76 Å². The summed E-state index contributed by atoms with van der Waals surface area (Å²) in [6, 6.07) is 6.46. The third-order valence-electron chi connectivity index (χ3n) is 1.89. The van der Waals surface area contributed by atoms with E-state index in [4.69, 9.17) is 4.42 Å². The molecule has 0 N–H and O–H groups in total. The van der Waals surface area contributed by atoms with Crippen LogP contribution in [0.1, 0.15) is 10.6 Å². The molecule has 0 saturated carbocycles. The molecule has 0 fully saturated rings. The zero-order valence-electron chi connectivity index (χ0n) is 6.97. The number of hydrogen-bond donors (Lipinski definition) is 0. The SMILES string of the molecule is O=Cc1oc2ccccc2c1[N+](=O)[O-]. The number of benzene rings is 1. The van der Waals surface area contributed by atoms with Crippen molar-refractivity contribution in [3.63, 3.8) is 0 Å². The molecule has 0 amide bonds. The van der Waals surface area contributed by atoms with E-state index in [1.807, 2.05) is 0 Å². The van der Waals surface area contributed by atoms with E-state index in [0.29, 0.717) is 17.3 Å². The molecule has 0 spiro atoms. The molecule has 0 saturated heterocycles. The smallest absolute Gasteiger partial charge is 0.325 e. The summed E-state index contributed by atoms with van der Waals surface area (Å²) in [6.45, 7) is 0. The van der Waals surface area contributed by atoms with Crippen LogP contribution in [0.5, 0.6) is 0 Å². The van der Waals surface area contributed by atoms with Crippen LogP contribution in [0.25, 0.3) is 11.0 Å². The minimum Gasteiger partial charge on any atom is -0.446 e. The highest BCUT2D eigenvalue weighted by Crippen LogP contribution is 2.31. The summed E-state index contributed by atoms with van der Waals surface area (Å²) in [4.78, 5) is 20.5. The second kappa shape index (κ2) is 2.95. The van der Waals surface area contributed by atoms with E-state index >= 15 is 0 Å². The minimum absolute atomic E-state index is 0.240. The van der Waals surface area contributed by atoms with Crippen LogP contribution in [0.2, 0.25) is 0 Å². The molecule has 0 atom stereocenters. The maximum atomic E-state index is 10.6. The third kappa shape index (κ3) is 1.06. The van der Waals surface area contributed by atoms with Crippen molar-refractivity contribution >= 4 is 22.9 Å². The lowest BCUT2D eigenvalue weighted by molar-refractivity contribution is -0.383. The fourth-order valence-electron chi connectivity index (χ4n) is 1.32. The van der Waals surface area contributed by atoms with E-state index in [-0.39, 0.29) is 11.4 Å². The van der Waals surface area contributed by atoms with Gasteiger partial charge in [0.15, 0.2) is 6.29 Å². The Balaban J connectivity index is 2.87. The number of para-hydroxylation sites is 1. The molecule has 1 heterocycles. The van der Waals surface area contributed by atoms with Crippen LogP contribution in [0, 0.1) is 10.1 Å². The Kier molecular flexibility index (Phi) is 1.78. The lowest BCUT2D eigenvalue weighted by Gasteiger charge is -1.86. The van der Waals surface area contributed by atoms with E-state index in [2.05, 4.69) is 0 Å². The van der Waals surface area contributed by atoms with Crippen molar-refractivity contribution in [3.05, 3.63) is 40.1 Å². The second-order valence-electron chi connectivity index (χ2n) is 2.69. The largest absolute Gasteiger partial charge is 0.446 e. The fourth-order valence-corrected chi connectivity index (χ4v) is 1.32. The molecule has 1 aromatic carbocycles. The van der Waals surface area contributed by atoms with Crippen LogP contribution >= 0.6 is 0 Å². The molecular weight excluding hydrogens is 186 g/mol. The van der Waals surface area contributed by atoms with Gasteiger partial charge in [0, 0.05) is 0 Å². The quantitative estimate of drug-likeness (QED) is 0.414. The van der Waals surface area contributed by atoms with Gasteiger partial charge < -0.3 is 4.42 Å². The summed E-state index contributed by atoms with van der Waals surface area (Å²) in [6.07, 6.45) is 0.345. The molecule has 0 aliphatic heterocycles. The zero-order valence-corrected chi connectivity index (χ0v) is 6.97. The Morgan fingerprint density at radius 1 is 1.36 bits per heavy atom. The predicted octanol–water partition coefficient (Wildman–Crippen LogP) is 2.15. The molecule has 0 unspecified atom stereocenters. The molecule has 5 nitrogen and oxygen atoms in total. The zero-order chi connectivity index (χ0) is 10.1. The summed E-state index contributed by atoms with van der Waals surface area (Å²) in [5, 5.41) is 11.0. The Morgan fingerprint density at radius 2 is 2.07 bits per heavy atom. The van der Waals surface area contributed by atoms with Crippen LogP contribution in [-0.2, 0) is 0 Å². The molecule has 0 aliphatic rings. The molecule has 2 aromatic rings. The summed E-state index contributed by atoms with van der Waals surface area (Å²) in [5.41, 5.74) is 0.0805. The van der Waals surface area contributed by atoms with Gasteiger partial charge in [0.25, 0.3) is 0 Å². The minimum atomic E-state index is -0.616. The van der Waals surface area contributed by atoms with Crippen molar-refractivity contribution in [1.29, 1.82) is 0 Å². The first-order chi connectivity index (χ1) is 6.74. The Morgan fingerprint density at radius 3 is 2.71 bits per heavy atom. The number of nitro groups is 1. The molecule has 0 radical (unpaired) electrons.